The zero-order valence-electron chi connectivity index (χ0n) is 15.8. The van der Waals surface area contributed by atoms with Gasteiger partial charge in [-0.2, -0.15) is 0 Å². The van der Waals surface area contributed by atoms with E-state index in [0.29, 0.717) is 0 Å². The molecule has 0 radical (unpaired) electrons. The SMILES string of the molecule is C=CC.CCCCCCCCC(C)(OC)C(C)(C)OCC. The fourth-order valence-corrected chi connectivity index (χ4v) is 2.41. The van der Waals surface area contributed by atoms with Gasteiger partial charge >= 0.3 is 0 Å². The van der Waals surface area contributed by atoms with Crippen LogP contribution in [0.3, 0.4) is 0 Å². The number of hydrogen-bond acceptors (Lipinski definition) is 2. The second-order valence-corrected chi connectivity index (χ2v) is 6.30. The van der Waals surface area contributed by atoms with Crippen LogP contribution < -0.4 is 0 Å². The summed E-state index contributed by atoms with van der Waals surface area (Å²) in [5.74, 6) is 0. The van der Waals surface area contributed by atoms with E-state index in [2.05, 4.69) is 34.3 Å². The summed E-state index contributed by atoms with van der Waals surface area (Å²) in [4.78, 5) is 0. The van der Waals surface area contributed by atoms with Crippen molar-refractivity contribution < 1.29 is 9.47 Å². The maximum atomic E-state index is 5.86. The summed E-state index contributed by atoms with van der Waals surface area (Å²) >= 11 is 0. The lowest BCUT2D eigenvalue weighted by Gasteiger charge is -2.43. The lowest BCUT2D eigenvalue weighted by Crippen LogP contribution is -2.51. The Balaban J connectivity index is 0. The van der Waals surface area contributed by atoms with E-state index in [1.54, 1.807) is 13.2 Å². The smallest absolute Gasteiger partial charge is 0.0933 e. The topological polar surface area (TPSA) is 18.5 Å². The molecule has 0 N–H and O–H groups in total. The Morgan fingerprint density at radius 1 is 0.952 bits per heavy atom. The Hall–Kier alpha value is -0.340. The van der Waals surface area contributed by atoms with Gasteiger partial charge in [-0.3, -0.25) is 0 Å². The van der Waals surface area contributed by atoms with Crippen LogP contribution in [-0.2, 0) is 9.47 Å². The van der Waals surface area contributed by atoms with Crippen molar-refractivity contribution in [2.24, 2.45) is 0 Å². The molecular formula is C19H40O2. The van der Waals surface area contributed by atoms with Crippen LogP contribution in [0.1, 0.15) is 86.5 Å². The molecule has 1 unspecified atom stereocenters. The van der Waals surface area contributed by atoms with Crippen LogP contribution in [-0.4, -0.2) is 24.9 Å². The Morgan fingerprint density at radius 2 is 1.43 bits per heavy atom. The minimum Gasteiger partial charge on any atom is -0.376 e. The maximum Gasteiger partial charge on any atom is 0.0933 e. The zero-order chi connectivity index (χ0) is 16.8. The minimum atomic E-state index is -0.222. The normalized spacial score (nSPS) is 14.0. The van der Waals surface area contributed by atoms with Gasteiger partial charge in [0, 0.05) is 13.7 Å². The summed E-state index contributed by atoms with van der Waals surface area (Å²) in [5.41, 5.74) is -0.409. The van der Waals surface area contributed by atoms with Gasteiger partial charge in [0.05, 0.1) is 11.2 Å². The average Bonchev–Trinajstić information content (AvgIpc) is 2.43. The molecule has 0 aliphatic heterocycles. The monoisotopic (exact) mass is 300 g/mol. The van der Waals surface area contributed by atoms with Crippen molar-refractivity contribution in [3.63, 3.8) is 0 Å². The van der Waals surface area contributed by atoms with E-state index < -0.39 is 0 Å². The number of allylic oxidation sites excluding steroid dienone is 1. The van der Waals surface area contributed by atoms with E-state index in [4.69, 9.17) is 9.47 Å². The van der Waals surface area contributed by atoms with Gasteiger partial charge in [-0.05, 0) is 41.0 Å². The fourth-order valence-electron chi connectivity index (χ4n) is 2.41. The fraction of sp³-hybridized carbons (Fsp3) is 0.895. The molecule has 0 aliphatic rings. The standard InChI is InChI=1S/C16H34O2.C3H6/c1-7-9-10-11-12-13-14-16(5,17-6)15(3,4)18-8-2;1-3-2/h7-14H2,1-6H3;3H,1H2,2H3. The first kappa shape index (κ1) is 22.9. The molecule has 0 aromatic carbocycles. The molecule has 0 bridgehead atoms. The van der Waals surface area contributed by atoms with E-state index in [1.807, 2.05) is 13.8 Å². The van der Waals surface area contributed by atoms with Crippen molar-refractivity contribution >= 4 is 0 Å². The number of unbranched alkanes of at least 4 members (excludes halogenated alkanes) is 5. The predicted molar refractivity (Wildman–Crippen MR) is 95.0 cm³/mol. The maximum absolute atomic E-state index is 5.86. The van der Waals surface area contributed by atoms with Crippen molar-refractivity contribution in [2.75, 3.05) is 13.7 Å². The van der Waals surface area contributed by atoms with Gasteiger partial charge in [0.1, 0.15) is 0 Å². The van der Waals surface area contributed by atoms with Gasteiger partial charge in [-0.15, -0.1) is 6.58 Å². The van der Waals surface area contributed by atoms with E-state index in [1.165, 1.54) is 38.5 Å². The summed E-state index contributed by atoms with van der Waals surface area (Å²) in [7, 11) is 1.80. The third-order valence-electron chi connectivity index (χ3n) is 4.24. The van der Waals surface area contributed by atoms with Crippen molar-refractivity contribution in [3.05, 3.63) is 12.7 Å². The molecule has 2 heteroatoms. The highest BCUT2D eigenvalue weighted by Gasteiger charge is 2.41. The molecule has 0 heterocycles. The van der Waals surface area contributed by atoms with Gasteiger partial charge < -0.3 is 9.47 Å². The quantitative estimate of drug-likeness (QED) is 0.336. The number of rotatable bonds is 11. The molecular weight excluding hydrogens is 260 g/mol. The number of hydrogen-bond donors (Lipinski definition) is 0. The number of ether oxygens (including phenoxy) is 2. The Labute approximate surface area is 134 Å². The molecule has 0 spiro atoms. The van der Waals surface area contributed by atoms with E-state index in [0.717, 1.165) is 13.0 Å². The van der Waals surface area contributed by atoms with Crippen LogP contribution >= 0.6 is 0 Å². The molecule has 0 aliphatic carbocycles. The Morgan fingerprint density at radius 3 is 1.86 bits per heavy atom. The van der Waals surface area contributed by atoms with Crippen molar-refractivity contribution in [3.8, 4) is 0 Å². The highest BCUT2D eigenvalue weighted by molar-refractivity contribution is 4.93. The second kappa shape index (κ2) is 13.3. The lowest BCUT2D eigenvalue weighted by atomic mass is 9.82. The lowest BCUT2D eigenvalue weighted by molar-refractivity contribution is -0.173. The molecule has 2 nitrogen and oxygen atoms in total. The average molecular weight is 301 g/mol. The van der Waals surface area contributed by atoms with Crippen molar-refractivity contribution in [1.29, 1.82) is 0 Å². The summed E-state index contributed by atoms with van der Waals surface area (Å²) in [5, 5.41) is 0. The molecule has 21 heavy (non-hydrogen) atoms. The largest absolute Gasteiger partial charge is 0.376 e. The first-order valence-electron chi connectivity index (χ1n) is 8.61. The second-order valence-electron chi connectivity index (χ2n) is 6.30. The molecule has 0 saturated heterocycles. The molecule has 0 aromatic heterocycles. The molecule has 0 aromatic rings. The van der Waals surface area contributed by atoms with Crippen LogP contribution in [0.2, 0.25) is 0 Å². The summed E-state index contributed by atoms with van der Waals surface area (Å²) < 4.78 is 11.6. The van der Waals surface area contributed by atoms with Crippen LogP contribution in [0.4, 0.5) is 0 Å². The molecule has 0 saturated carbocycles. The van der Waals surface area contributed by atoms with Gasteiger partial charge in [0.2, 0.25) is 0 Å². The molecule has 1 atom stereocenters. The van der Waals surface area contributed by atoms with Crippen LogP contribution in [0.15, 0.2) is 12.7 Å². The first-order chi connectivity index (χ1) is 9.85. The summed E-state index contributed by atoms with van der Waals surface area (Å²) in [6.45, 7) is 16.7. The van der Waals surface area contributed by atoms with Crippen molar-refractivity contribution in [2.45, 2.75) is 97.7 Å². The molecule has 0 fully saturated rings. The van der Waals surface area contributed by atoms with Gasteiger partial charge in [0.25, 0.3) is 0 Å². The van der Waals surface area contributed by atoms with Crippen molar-refractivity contribution in [1.82, 2.24) is 0 Å². The minimum absolute atomic E-state index is 0.187. The molecule has 0 rings (SSSR count). The predicted octanol–water partition coefficient (Wildman–Crippen LogP) is 6.15. The molecule has 0 amide bonds. The highest BCUT2D eigenvalue weighted by atomic mass is 16.6. The zero-order valence-corrected chi connectivity index (χ0v) is 15.8. The Kier molecular flexibility index (Phi) is 14.6. The molecule has 128 valence electrons. The Bertz CT molecular complexity index is 236. The van der Waals surface area contributed by atoms with Gasteiger partial charge in [0.15, 0.2) is 0 Å². The highest BCUT2D eigenvalue weighted by Crippen LogP contribution is 2.33. The van der Waals surface area contributed by atoms with Gasteiger partial charge in [-0.1, -0.05) is 51.5 Å². The van der Waals surface area contributed by atoms with Crippen LogP contribution in [0, 0.1) is 0 Å². The third-order valence-corrected chi connectivity index (χ3v) is 4.24. The first-order valence-corrected chi connectivity index (χ1v) is 8.61. The number of methoxy groups -OCH3 is 1. The van der Waals surface area contributed by atoms with Crippen LogP contribution in [0.25, 0.3) is 0 Å². The van der Waals surface area contributed by atoms with Gasteiger partial charge in [-0.25, -0.2) is 0 Å². The third kappa shape index (κ3) is 10.1. The van der Waals surface area contributed by atoms with E-state index in [9.17, 15) is 0 Å². The van der Waals surface area contributed by atoms with E-state index >= 15 is 0 Å². The summed E-state index contributed by atoms with van der Waals surface area (Å²) in [6.07, 6.45) is 10.8. The summed E-state index contributed by atoms with van der Waals surface area (Å²) in [6, 6.07) is 0. The van der Waals surface area contributed by atoms with Crippen LogP contribution in [0.5, 0.6) is 0 Å². The van der Waals surface area contributed by atoms with E-state index in [-0.39, 0.29) is 11.2 Å².